The van der Waals surface area contributed by atoms with Crippen LogP contribution in [0.4, 0.5) is 5.69 Å². The molecule has 5 aromatic carbocycles. The molecule has 0 saturated heterocycles. The lowest BCUT2D eigenvalue weighted by Crippen LogP contribution is -2.15. The van der Waals surface area contributed by atoms with Gasteiger partial charge in [0, 0.05) is 22.9 Å². The number of hydrogen-bond donors (Lipinski definition) is 1. The van der Waals surface area contributed by atoms with Crippen LogP contribution in [0.15, 0.2) is 109 Å². The standard InChI is InChI=1S/C37H28N2/c1-37(2)30-22-27(32-19-17-25-15-14-24-12-8-20-38-35(24)36(25)39-32)16-18-29(30)34-31(37)21-26-11-6-7-13-28(26)33(34)23-9-4-3-5-10-23/h3-19,21-22,38H,20H2,1-2H3. The van der Waals surface area contributed by atoms with Crippen LogP contribution < -0.4 is 5.32 Å². The van der Waals surface area contributed by atoms with Gasteiger partial charge in [0.2, 0.25) is 0 Å². The van der Waals surface area contributed by atoms with Gasteiger partial charge in [-0.2, -0.15) is 0 Å². The molecule has 0 atom stereocenters. The van der Waals surface area contributed by atoms with E-state index in [4.69, 9.17) is 4.98 Å². The maximum Gasteiger partial charge on any atom is 0.0947 e. The molecule has 8 rings (SSSR count). The van der Waals surface area contributed by atoms with Crippen molar-refractivity contribution < 1.29 is 0 Å². The van der Waals surface area contributed by atoms with Crippen LogP contribution in [0.25, 0.3) is 61.3 Å². The van der Waals surface area contributed by atoms with Gasteiger partial charge in [-0.05, 0) is 67.9 Å². The molecule has 0 fully saturated rings. The topological polar surface area (TPSA) is 24.9 Å². The minimum absolute atomic E-state index is 0.128. The van der Waals surface area contributed by atoms with Crippen molar-refractivity contribution in [2.75, 3.05) is 11.9 Å². The van der Waals surface area contributed by atoms with E-state index in [1.165, 1.54) is 49.7 Å². The number of benzene rings is 5. The molecule has 1 aliphatic heterocycles. The van der Waals surface area contributed by atoms with Crippen molar-refractivity contribution in [1.29, 1.82) is 0 Å². The Labute approximate surface area is 228 Å². The highest BCUT2D eigenvalue weighted by Gasteiger charge is 2.38. The van der Waals surface area contributed by atoms with Crippen LogP contribution in [0.2, 0.25) is 0 Å². The predicted molar refractivity (Wildman–Crippen MR) is 165 cm³/mol. The molecule has 6 aromatic rings. The van der Waals surface area contributed by atoms with E-state index in [1.54, 1.807) is 0 Å². The number of hydrogen-bond acceptors (Lipinski definition) is 2. The molecule has 1 N–H and O–H groups in total. The molecule has 186 valence electrons. The first kappa shape index (κ1) is 22.3. The highest BCUT2D eigenvalue weighted by molar-refractivity contribution is 6.08. The summed E-state index contributed by atoms with van der Waals surface area (Å²) in [7, 11) is 0. The monoisotopic (exact) mass is 500 g/mol. The van der Waals surface area contributed by atoms with Gasteiger partial charge < -0.3 is 5.32 Å². The average Bonchev–Trinajstić information content (AvgIpc) is 3.21. The molecule has 1 aromatic heterocycles. The predicted octanol–water partition coefficient (Wildman–Crippen LogP) is 9.47. The summed E-state index contributed by atoms with van der Waals surface area (Å²) < 4.78 is 0. The molecule has 2 heterocycles. The van der Waals surface area contributed by atoms with Crippen LogP contribution in [0.3, 0.4) is 0 Å². The quantitative estimate of drug-likeness (QED) is 0.256. The molecule has 0 bridgehead atoms. The summed E-state index contributed by atoms with van der Waals surface area (Å²) in [6.07, 6.45) is 4.34. The Bertz CT molecular complexity index is 1980. The number of rotatable bonds is 2. The molecule has 2 nitrogen and oxygen atoms in total. The number of aromatic nitrogens is 1. The second-order valence-electron chi connectivity index (χ2n) is 11.2. The van der Waals surface area contributed by atoms with E-state index in [9.17, 15) is 0 Å². The van der Waals surface area contributed by atoms with Gasteiger partial charge >= 0.3 is 0 Å². The fraction of sp³-hybridized carbons (Fsp3) is 0.108. The zero-order valence-electron chi connectivity index (χ0n) is 22.1. The molecule has 0 radical (unpaired) electrons. The summed E-state index contributed by atoms with van der Waals surface area (Å²) in [5.74, 6) is 0. The Morgan fingerprint density at radius 3 is 2.41 bits per heavy atom. The summed E-state index contributed by atoms with van der Waals surface area (Å²) in [4.78, 5) is 5.19. The summed E-state index contributed by atoms with van der Waals surface area (Å²) in [5, 5.41) is 7.29. The highest BCUT2D eigenvalue weighted by Crippen LogP contribution is 2.54. The van der Waals surface area contributed by atoms with Gasteiger partial charge in [0.15, 0.2) is 0 Å². The Morgan fingerprint density at radius 2 is 1.51 bits per heavy atom. The van der Waals surface area contributed by atoms with Crippen LogP contribution in [0.1, 0.15) is 30.5 Å². The van der Waals surface area contributed by atoms with Gasteiger partial charge in [-0.25, -0.2) is 4.98 Å². The zero-order valence-corrected chi connectivity index (χ0v) is 22.1. The maximum atomic E-state index is 5.19. The first-order valence-electron chi connectivity index (χ1n) is 13.7. The fourth-order valence-electron chi connectivity index (χ4n) is 6.65. The normalized spacial score (nSPS) is 14.6. The van der Waals surface area contributed by atoms with Gasteiger partial charge in [-0.15, -0.1) is 0 Å². The number of pyridine rings is 1. The van der Waals surface area contributed by atoms with E-state index in [-0.39, 0.29) is 5.41 Å². The highest BCUT2D eigenvalue weighted by atomic mass is 14.9. The van der Waals surface area contributed by atoms with Crippen molar-refractivity contribution in [2.45, 2.75) is 19.3 Å². The Hall–Kier alpha value is -4.69. The van der Waals surface area contributed by atoms with E-state index in [2.05, 4.69) is 134 Å². The van der Waals surface area contributed by atoms with Gasteiger partial charge in [0.1, 0.15) is 0 Å². The minimum atomic E-state index is -0.128. The Balaban J connectivity index is 1.35. The number of fused-ring (bicyclic) bond motifs is 7. The van der Waals surface area contributed by atoms with E-state index in [1.807, 2.05) is 0 Å². The second kappa shape index (κ2) is 8.15. The van der Waals surface area contributed by atoms with Gasteiger partial charge in [-0.1, -0.05) is 111 Å². The molecule has 1 aliphatic carbocycles. The van der Waals surface area contributed by atoms with Crippen molar-refractivity contribution in [3.63, 3.8) is 0 Å². The molecule has 2 heteroatoms. The largest absolute Gasteiger partial charge is 0.379 e. The summed E-state index contributed by atoms with van der Waals surface area (Å²) in [5.41, 5.74) is 13.4. The zero-order chi connectivity index (χ0) is 26.1. The van der Waals surface area contributed by atoms with E-state index in [0.29, 0.717) is 0 Å². The molecule has 2 aliphatic rings. The molecule has 0 spiro atoms. The lowest BCUT2D eigenvalue weighted by atomic mass is 9.80. The molecular formula is C37H28N2. The second-order valence-corrected chi connectivity index (χ2v) is 11.2. The van der Waals surface area contributed by atoms with Crippen LogP contribution in [0, 0.1) is 0 Å². The van der Waals surface area contributed by atoms with Crippen molar-refractivity contribution >= 4 is 33.4 Å². The van der Waals surface area contributed by atoms with Gasteiger partial charge in [-0.3, -0.25) is 0 Å². The number of anilines is 1. The van der Waals surface area contributed by atoms with E-state index < -0.39 is 0 Å². The van der Waals surface area contributed by atoms with Crippen molar-refractivity contribution in [2.24, 2.45) is 0 Å². The molecule has 0 unspecified atom stereocenters. The van der Waals surface area contributed by atoms with Crippen LogP contribution in [0.5, 0.6) is 0 Å². The van der Waals surface area contributed by atoms with Gasteiger partial charge in [0.25, 0.3) is 0 Å². The summed E-state index contributed by atoms with van der Waals surface area (Å²) in [6, 6.07) is 37.7. The third kappa shape index (κ3) is 3.25. The van der Waals surface area contributed by atoms with Crippen molar-refractivity contribution in [3.05, 3.63) is 126 Å². The number of nitrogens with one attached hydrogen (secondary N) is 1. The van der Waals surface area contributed by atoms with Crippen LogP contribution in [-0.4, -0.2) is 11.5 Å². The fourth-order valence-corrected chi connectivity index (χ4v) is 6.65. The minimum Gasteiger partial charge on any atom is -0.379 e. The first-order valence-corrected chi connectivity index (χ1v) is 13.7. The molecule has 0 amide bonds. The third-order valence-corrected chi connectivity index (χ3v) is 8.63. The molecular weight excluding hydrogens is 472 g/mol. The maximum absolute atomic E-state index is 5.19. The van der Waals surface area contributed by atoms with Crippen LogP contribution >= 0.6 is 0 Å². The summed E-state index contributed by atoms with van der Waals surface area (Å²) >= 11 is 0. The number of nitrogens with zero attached hydrogens (tertiary/aromatic N) is 1. The van der Waals surface area contributed by atoms with E-state index >= 15 is 0 Å². The molecule has 0 saturated carbocycles. The van der Waals surface area contributed by atoms with Crippen molar-refractivity contribution in [3.8, 4) is 33.5 Å². The van der Waals surface area contributed by atoms with E-state index in [0.717, 1.165) is 34.4 Å². The average molecular weight is 501 g/mol. The third-order valence-electron chi connectivity index (χ3n) is 8.63. The molecule has 39 heavy (non-hydrogen) atoms. The summed E-state index contributed by atoms with van der Waals surface area (Å²) in [6.45, 7) is 5.57. The van der Waals surface area contributed by atoms with Crippen LogP contribution in [-0.2, 0) is 5.41 Å². The first-order chi connectivity index (χ1) is 19.1. The SMILES string of the molecule is CC1(C)c2cc(-c3ccc4ccc5c(c4n3)NCC=C5)ccc2-c2c1cc1ccccc1c2-c1ccccc1. The Morgan fingerprint density at radius 1 is 0.692 bits per heavy atom. The lowest BCUT2D eigenvalue weighted by molar-refractivity contribution is 0.661. The smallest absolute Gasteiger partial charge is 0.0947 e. The Kier molecular flexibility index (Phi) is 4.66. The van der Waals surface area contributed by atoms with Crippen molar-refractivity contribution in [1.82, 2.24) is 4.98 Å². The lowest BCUT2D eigenvalue weighted by Gasteiger charge is -2.23. The van der Waals surface area contributed by atoms with Gasteiger partial charge in [0.05, 0.1) is 16.9 Å².